The number of aromatic nitrogens is 2. The van der Waals surface area contributed by atoms with Gasteiger partial charge in [0.05, 0.1) is 47.7 Å². The largest absolute Gasteiger partial charge is 0.756 e. The molecule has 1 radical (unpaired) electrons. The molecule has 30 heteroatoms. The molecule has 28 nitrogen and oxygen atoms in total. The van der Waals surface area contributed by atoms with Gasteiger partial charge >= 0.3 is 5.91 Å². The Morgan fingerprint density at radius 1 is 0.891 bits per heavy atom. The van der Waals surface area contributed by atoms with Crippen molar-refractivity contribution in [1.82, 2.24) is 30.8 Å². The number of aliphatic imine (C=N–C) groups is 3. The molecule has 509 valence electrons. The van der Waals surface area contributed by atoms with E-state index >= 15 is 0 Å². The van der Waals surface area contributed by atoms with E-state index in [4.69, 9.17) is 45.5 Å². The fourth-order valence-corrected chi connectivity index (χ4v) is 16.3. The quantitative estimate of drug-likeness (QED) is 0.0316. The van der Waals surface area contributed by atoms with E-state index in [0.29, 0.717) is 82.1 Å². The predicted octanol–water partition coefficient (Wildman–Crippen LogP) is 1.38. The van der Waals surface area contributed by atoms with Crippen LogP contribution in [-0.2, 0) is 68.7 Å². The number of aryl methyl sites for hydroxylation is 2. The van der Waals surface area contributed by atoms with Crippen LogP contribution in [0.25, 0.3) is 16.4 Å². The number of hydrogen-bond donors (Lipinski definition) is 9. The van der Waals surface area contributed by atoms with E-state index in [9.17, 15) is 53.2 Å². The van der Waals surface area contributed by atoms with Gasteiger partial charge in [-0.1, -0.05) is 40.7 Å². The van der Waals surface area contributed by atoms with Crippen LogP contribution >= 0.6 is 7.82 Å². The molecule has 0 spiro atoms. The summed E-state index contributed by atoms with van der Waals surface area (Å²) in [7, 11) is -5.29. The van der Waals surface area contributed by atoms with Gasteiger partial charge in [0.2, 0.25) is 37.0 Å². The second-order valence-electron chi connectivity index (χ2n) is 26.6. The van der Waals surface area contributed by atoms with Crippen molar-refractivity contribution in [3.05, 3.63) is 69.2 Å². The molecule has 7 amide bonds. The summed E-state index contributed by atoms with van der Waals surface area (Å²) in [6.45, 7) is 20.0. The predicted molar refractivity (Wildman–Crippen MR) is 335 cm³/mol. The molecule has 6 aliphatic heterocycles. The number of nitrogens with one attached hydrogen (secondary N) is 4. The number of carbonyl (C=O) groups excluding carboxylic acids is 7. The van der Waals surface area contributed by atoms with Gasteiger partial charge in [-0.25, -0.2) is 9.78 Å². The van der Waals surface area contributed by atoms with Crippen LogP contribution in [0.2, 0.25) is 0 Å². The summed E-state index contributed by atoms with van der Waals surface area (Å²) in [5.74, 6) is -4.25. The molecule has 2 saturated heterocycles. The van der Waals surface area contributed by atoms with E-state index in [1.807, 2.05) is 87.4 Å². The molecule has 0 aliphatic carbocycles. The summed E-state index contributed by atoms with van der Waals surface area (Å²) in [5, 5.41) is 39.0. The second kappa shape index (κ2) is 29.1. The Morgan fingerprint density at radius 3 is 2.18 bits per heavy atom. The third kappa shape index (κ3) is 14.2. The van der Waals surface area contributed by atoms with E-state index in [1.54, 1.807) is 4.57 Å². The maximum absolute atomic E-state index is 14.4. The Hall–Kier alpha value is -6.37. The van der Waals surface area contributed by atoms with Crippen molar-refractivity contribution < 1.29 is 95.0 Å². The molecule has 2 fully saturated rings. The van der Waals surface area contributed by atoms with E-state index in [-0.39, 0.29) is 99.3 Å². The number of fused-ring (bicyclic) bond motifs is 7. The molecular formula is C62H91CoN13O15P-. The van der Waals surface area contributed by atoms with Gasteiger partial charge in [0.15, 0.2) is 6.23 Å². The van der Waals surface area contributed by atoms with Crippen LogP contribution in [0.15, 0.2) is 67.8 Å². The fraction of sp³-hybridized carbons (Fsp3) is 0.629. The topological polar surface area (TPSA) is 456 Å². The van der Waals surface area contributed by atoms with Crippen LogP contribution in [-0.4, -0.2) is 154 Å². The first-order valence-corrected chi connectivity index (χ1v) is 32.1. The van der Waals surface area contributed by atoms with Gasteiger partial charge in [0, 0.05) is 119 Å². The summed E-state index contributed by atoms with van der Waals surface area (Å²) in [5.41, 5.74) is 17.9. The summed E-state index contributed by atoms with van der Waals surface area (Å²) in [6, 6.07) is 2.88. The first-order chi connectivity index (χ1) is 42.3. The summed E-state index contributed by atoms with van der Waals surface area (Å²) < 4.78 is 32.0. The summed E-state index contributed by atoms with van der Waals surface area (Å²) in [6.07, 6.45) is -1.17. The van der Waals surface area contributed by atoms with Gasteiger partial charge in [0.25, 0.3) is 7.82 Å². The summed E-state index contributed by atoms with van der Waals surface area (Å²) >= 11 is 0. The van der Waals surface area contributed by atoms with E-state index in [2.05, 4.69) is 32.0 Å². The van der Waals surface area contributed by atoms with Crippen LogP contribution in [0.1, 0.15) is 131 Å². The Bertz CT molecular complexity index is 3440. The minimum atomic E-state index is -5.29. The van der Waals surface area contributed by atoms with Crippen molar-refractivity contribution in [2.24, 2.45) is 71.8 Å². The maximum Gasteiger partial charge on any atom is 0.308 e. The second-order valence-corrected chi connectivity index (χ2v) is 27.9. The zero-order valence-corrected chi connectivity index (χ0v) is 56.1. The van der Waals surface area contributed by atoms with Crippen LogP contribution in [0, 0.1) is 59.2 Å². The zero-order valence-electron chi connectivity index (χ0n) is 54.1. The number of amides is 7. The molecular weight excluding hydrogens is 1260 g/mol. The van der Waals surface area contributed by atoms with Crippen LogP contribution in [0.5, 0.6) is 0 Å². The van der Waals surface area contributed by atoms with Crippen molar-refractivity contribution in [2.75, 3.05) is 32.8 Å². The number of nitrogens with two attached hydrogens (primary N) is 2. The fourth-order valence-electron chi connectivity index (χ4n) is 15.2. The minimum absolute atomic E-state index is 0. The van der Waals surface area contributed by atoms with Gasteiger partial charge in [-0.05, 0) is 119 Å². The number of allylic oxidation sites excluding steroid dienone is 6. The number of aliphatic hydroxyl groups is 2. The molecule has 1 aromatic carbocycles. The molecule has 15 N–H and O–H groups in total. The average Bonchev–Trinajstić information content (AvgIpc) is 1.53. The summed E-state index contributed by atoms with van der Waals surface area (Å²) in [4.78, 5) is 125. The number of primary amides is 2. The number of quaternary nitrogens is 1. The number of ether oxygens (including phenoxy) is 1. The molecule has 15 atom stereocenters. The van der Waals surface area contributed by atoms with Crippen molar-refractivity contribution in [3.8, 4) is 0 Å². The molecule has 2 aromatic rings. The van der Waals surface area contributed by atoms with Crippen molar-refractivity contribution in [2.45, 2.75) is 170 Å². The standard InChI is InChI=1S/C62H90N13O14P.Co.H2O/c1-32-20-42-43(21-33(32)2)75(28-70-42)57-52(84)53(44(26-76)87-57)89-90(85,86)88-34(3)24-69-49(83)16-18-59(8)40(25-67-30-78)56-62(11)61(10,27-68-31-79)39(17-19-66-29-77)51(74-62)36(5)55-60(9,23-48(65)82)37(12-14-46(63)80)41(71-55)22-45-58(6,7)38(13-15-47(64)81)50(72-45)35(4)54(59)73-56;;/h20-22,28-31,34,37-40,44,52-53,56-57,76,84H,12-19,23-27H2,1-11H3,(H12,63,64,65,66,67,68,69,71,72,73,74,77,78,79,80,81,82,83,85,86);;1H2/p-1. The number of nitrogens with zero attached hydrogens (tertiary/aromatic N) is 6. The SMILES string of the molecule is C/C1=C2N=C(/C=C3N=C(/C(C)=C4\[N-]C(C(CNC=O)C4(C)CCC(=O)NCC(C)OP(=O)([O-])OC4C(CO)OC(n5cnc6cc(C)c(C)cc65)C4O)C4(C)N=C1C(CCNC=O)C4(C)CNC=O)C(CCC(N)=O)C\3(C)C)C(CCC([NH3+])=O)C/2(C)CC(N)=O.O.[Co]. The van der Waals surface area contributed by atoms with E-state index < -0.39 is 120 Å². The van der Waals surface area contributed by atoms with Crippen molar-refractivity contribution in [1.29, 1.82) is 0 Å². The van der Waals surface area contributed by atoms with Crippen LogP contribution in [0.4, 0.5) is 0 Å². The van der Waals surface area contributed by atoms with Crippen LogP contribution in [0.3, 0.4) is 0 Å². The normalized spacial score (nSPS) is 33.4. The number of aliphatic hydroxyl groups excluding tert-OH is 2. The molecule has 8 bridgehead atoms. The minimum Gasteiger partial charge on any atom is -0.756 e. The number of phosphoric acid groups is 1. The van der Waals surface area contributed by atoms with Gasteiger partial charge in [-0.2, -0.15) is 5.70 Å². The Morgan fingerprint density at radius 2 is 1.55 bits per heavy atom. The number of phosphoric ester groups is 1. The van der Waals surface area contributed by atoms with E-state index in [0.717, 1.165) is 11.1 Å². The van der Waals surface area contributed by atoms with E-state index in [1.165, 1.54) is 13.3 Å². The molecule has 15 unspecified atom stereocenters. The smallest absolute Gasteiger partial charge is 0.308 e. The Labute approximate surface area is 545 Å². The zero-order chi connectivity index (χ0) is 66.2. The third-order valence-corrected chi connectivity index (χ3v) is 21.6. The first-order valence-electron chi connectivity index (χ1n) is 30.7. The molecule has 7 heterocycles. The monoisotopic (exact) mass is 1350 g/mol. The number of hydrogen-bond acceptors (Lipinski definition) is 18. The molecule has 6 aliphatic rings. The van der Waals surface area contributed by atoms with Crippen molar-refractivity contribution in [3.63, 3.8) is 0 Å². The molecule has 8 rings (SSSR count). The average molecular weight is 1350 g/mol. The molecule has 92 heavy (non-hydrogen) atoms. The van der Waals surface area contributed by atoms with Gasteiger partial charge in [-0.15, -0.1) is 0 Å². The first kappa shape index (κ1) is 74.7. The van der Waals surface area contributed by atoms with Crippen molar-refractivity contribution >= 4 is 78.9 Å². The Kier molecular flexibility index (Phi) is 23.6. The number of carbonyl (C=O) groups is 7. The number of benzene rings is 1. The molecule has 1 aromatic heterocycles. The Balaban J connectivity index is 0.00000672. The van der Waals surface area contributed by atoms with Gasteiger partial charge in [-0.3, -0.25) is 54.0 Å². The molecule has 0 saturated carbocycles. The van der Waals surface area contributed by atoms with Gasteiger partial charge in [0.1, 0.15) is 18.3 Å². The van der Waals surface area contributed by atoms with Crippen LogP contribution < -0.4 is 43.4 Å². The number of rotatable bonds is 29. The third-order valence-electron chi connectivity index (χ3n) is 20.5. The van der Waals surface area contributed by atoms with Gasteiger partial charge < -0.3 is 77.0 Å². The maximum atomic E-state index is 14.4. The number of imidazole rings is 1.